The van der Waals surface area contributed by atoms with E-state index in [4.69, 9.17) is 0 Å². The van der Waals surface area contributed by atoms with Crippen LogP contribution in [0.3, 0.4) is 0 Å². The van der Waals surface area contributed by atoms with Crippen LogP contribution in [-0.2, 0) is 13.0 Å². The van der Waals surface area contributed by atoms with Gasteiger partial charge in [0.2, 0.25) is 0 Å². The van der Waals surface area contributed by atoms with Gasteiger partial charge in [0.05, 0.1) is 10.7 Å². The highest BCUT2D eigenvalue weighted by Gasteiger charge is 2.02. The molecule has 0 unspecified atom stereocenters. The van der Waals surface area contributed by atoms with Crippen LogP contribution in [0, 0.1) is 20.8 Å². The maximum Gasteiger partial charge on any atom is 0.0943 e. The Hall–Kier alpha value is -1.19. The summed E-state index contributed by atoms with van der Waals surface area (Å²) in [5.41, 5.74) is 3.83. The van der Waals surface area contributed by atoms with Crippen LogP contribution in [0.4, 0.5) is 0 Å². The molecule has 96 valence electrons. The van der Waals surface area contributed by atoms with E-state index in [1.807, 2.05) is 11.3 Å². The molecule has 2 aromatic rings. The molecule has 1 N–H and O–H groups in total. The van der Waals surface area contributed by atoms with Crippen molar-refractivity contribution >= 4 is 11.3 Å². The van der Waals surface area contributed by atoms with E-state index < -0.39 is 0 Å². The molecule has 0 aliphatic rings. The van der Waals surface area contributed by atoms with Crippen LogP contribution >= 0.6 is 11.3 Å². The van der Waals surface area contributed by atoms with Crippen molar-refractivity contribution in [2.75, 3.05) is 6.54 Å². The highest BCUT2D eigenvalue weighted by atomic mass is 32.1. The first-order valence-corrected chi connectivity index (χ1v) is 7.16. The Labute approximate surface area is 113 Å². The molecule has 1 aromatic heterocycles. The lowest BCUT2D eigenvalue weighted by Gasteiger charge is -2.04. The second-order valence-electron chi connectivity index (χ2n) is 4.66. The zero-order valence-electron chi connectivity index (χ0n) is 11.3. The third-order valence-electron chi connectivity index (χ3n) is 3.04. The van der Waals surface area contributed by atoms with E-state index in [1.54, 1.807) is 0 Å². The summed E-state index contributed by atoms with van der Waals surface area (Å²) in [5, 5.41) is 4.70. The summed E-state index contributed by atoms with van der Waals surface area (Å²) in [6, 6.07) is 8.68. The lowest BCUT2D eigenvalue weighted by Crippen LogP contribution is -2.16. The number of nitrogens with one attached hydrogen (secondary N) is 1. The molecule has 0 saturated heterocycles. The quantitative estimate of drug-likeness (QED) is 0.833. The third-order valence-corrected chi connectivity index (χ3v) is 4.17. The van der Waals surface area contributed by atoms with Crippen molar-refractivity contribution in [2.45, 2.75) is 33.7 Å². The first-order chi connectivity index (χ1) is 8.65. The molecular formula is C15H20N2S. The molecule has 0 atom stereocenters. The summed E-state index contributed by atoms with van der Waals surface area (Å²) in [4.78, 5) is 5.88. The molecule has 0 aliphatic carbocycles. The molecule has 2 nitrogen and oxygen atoms in total. The average Bonchev–Trinajstić information content (AvgIpc) is 2.67. The Morgan fingerprint density at radius 1 is 1.11 bits per heavy atom. The van der Waals surface area contributed by atoms with Gasteiger partial charge in [0.25, 0.3) is 0 Å². The minimum atomic E-state index is 0.934. The van der Waals surface area contributed by atoms with Crippen molar-refractivity contribution < 1.29 is 0 Å². The molecule has 18 heavy (non-hydrogen) atoms. The van der Waals surface area contributed by atoms with E-state index in [9.17, 15) is 0 Å². The number of aromatic nitrogens is 1. The van der Waals surface area contributed by atoms with Crippen LogP contribution in [0.2, 0.25) is 0 Å². The normalized spacial score (nSPS) is 10.8. The molecule has 0 saturated carbocycles. The summed E-state index contributed by atoms with van der Waals surface area (Å²) < 4.78 is 0. The molecule has 2 rings (SSSR count). The maximum absolute atomic E-state index is 4.54. The van der Waals surface area contributed by atoms with Gasteiger partial charge in [-0.3, -0.25) is 0 Å². The number of hydrogen-bond donors (Lipinski definition) is 1. The zero-order chi connectivity index (χ0) is 13.0. The standard InChI is InChI=1S/C15H20N2S/c1-11-4-6-14(7-5-11)10-16-9-8-15-17-12(2)13(3)18-15/h4-7,16H,8-10H2,1-3H3. The van der Waals surface area contributed by atoms with Crippen molar-refractivity contribution in [3.05, 3.63) is 51.0 Å². The Morgan fingerprint density at radius 3 is 2.44 bits per heavy atom. The van der Waals surface area contributed by atoms with E-state index in [0.29, 0.717) is 0 Å². The van der Waals surface area contributed by atoms with Gasteiger partial charge in [-0.05, 0) is 26.3 Å². The first-order valence-electron chi connectivity index (χ1n) is 6.34. The van der Waals surface area contributed by atoms with E-state index in [-0.39, 0.29) is 0 Å². The predicted molar refractivity (Wildman–Crippen MR) is 78.2 cm³/mol. The number of hydrogen-bond acceptors (Lipinski definition) is 3. The van der Waals surface area contributed by atoms with Crippen LogP contribution in [0.1, 0.15) is 26.7 Å². The molecule has 1 heterocycles. The molecule has 0 aliphatic heterocycles. The van der Waals surface area contributed by atoms with Crippen LogP contribution < -0.4 is 5.32 Å². The third kappa shape index (κ3) is 3.65. The van der Waals surface area contributed by atoms with Gasteiger partial charge in [-0.25, -0.2) is 4.98 Å². The maximum atomic E-state index is 4.54. The van der Waals surface area contributed by atoms with Crippen molar-refractivity contribution in [2.24, 2.45) is 0 Å². The molecule has 0 spiro atoms. The van der Waals surface area contributed by atoms with Crippen LogP contribution in [0.25, 0.3) is 0 Å². The second kappa shape index (κ2) is 6.12. The van der Waals surface area contributed by atoms with E-state index >= 15 is 0 Å². The Kier molecular flexibility index (Phi) is 4.50. The number of nitrogens with zero attached hydrogens (tertiary/aromatic N) is 1. The van der Waals surface area contributed by atoms with Gasteiger partial charge < -0.3 is 5.32 Å². The van der Waals surface area contributed by atoms with E-state index in [0.717, 1.165) is 19.5 Å². The van der Waals surface area contributed by atoms with Gasteiger partial charge in [-0.2, -0.15) is 0 Å². The minimum absolute atomic E-state index is 0.934. The molecule has 0 fully saturated rings. The largest absolute Gasteiger partial charge is 0.312 e. The number of rotatable bonds is 5. The molecule has 3 heteroatoms. The topological polar surface area (TPSA) is 24.9 Å². The van der Waals surface area contributed by atoms with Crippen molar-refractivity contribution in [1.82, 2.24) is 10.3 Å². The van der Waals surface area contributed by atoms with E-state index in [2.05, 4.69) is 55.3 Å². The van der Waals surface area contributed by atoms with Crippen molar-refractivity contribution in [1.29, 1.82) is 0 Å². The summed E-state index contributed by atoms with van der Waals surface area (Å²) in [6.07, 6.45) is 1.02. The summed E-state index contributed by atoms with van der Waals surface area (Å²) >= 11 is 1.81. The van der Waals surface area contributed by atoms with Gasteiger partial charge in [0, 0.05) is 24.4 Å². The fourth-order valence-corrected chi connectivity index (χ4v) is 2.71. The number of aryl methyl sites for hydroxylation is 3. The monoisotopic (exact) mass is 260 g/mol. The Bertz CT molecular complexity index is 480. The Balaban J connectivity index is 1.74. The van der Waals surface area contributed by atoms with Gasteiger partial charge in [-0.15, -0.1) is 11.3 Å². The van der Waals surface area contributed by atoms with Crippen molar-refractivity contribution in [3.8, 4) is 0 Å². The molecule has 0 amide bonds. The van der Waals surface area contributed by atoms with Gasteiger partial charge in [0.15, 0.2) is 0 Å². The lowest BCUT2D eigenvalue weighted by atomic mass is 10.1. The summed E-state index contributed by atoms with van der Waals surface area (Å²) in [6.45, 7) is 8.25. The fraction of sp³-hybridized carbons (Fsp3) is 0.400. The van der Waals surface area contributed by atoms with Crippen LogP contribution in [0.5, 0.6) is 0 Å². The molecule has 0 radical (unpaired) electrons. The number of thiazole rings is 1. The highest BCUT2D eigenvalue weighted by molar-refractivity contribution is 7.11. The van der Waals surface area contributed by atoms with Gasteiger partial charge >= 0.3 is 0 Å². The summed E-state index contributed by atoms with van der Waals surface area (Å²) in [5.74, 6) is 0. The van der Waals surface area contributed by atoms with Gasteiger partial charge in [0.1, 0.15) is 0 Å². The average molecular weight is 260 g/mol. The molecular weight excluding hydrogens is 240 g/mol. The fourth-order valence-electron chi connectivity index (χ4n) is 1.78. The van der Waals surface area contributed by atoms with Crippen LogP contribution in [0.15, 0.2) is 24.3 Å². The van der Waals surface area contributed by atoms with E-state index in [1.165, 1.54) is 26.7 Å². The van der Waals surface area contributed by atoms with Gasteiger partial charge in [-0.1, -0.05) is 29.8 Å². The zero-order valence-corrected chi connectivity index (χ0v) is 12.1. The highest BCUT2D eigenvalue weighted by Crippen LogP contribution is 2.16. The van der Waals surface area contributed by atoms with Crippen LogP contribution in [-0.4, -0.2) is 11.5 Å². The smallest absolute Gasteiger partial charge is 0.0943 e. The second-order valence-corrected chi connectivity index (χ2v) is 5.95. The molecule has 1 aromatic carbocycles. The van der Waals surface area contributed by atoms with Crippen molar-refractivity contribution in [3.63, 3.8) is 0 Å². The SMILES string of the molecule is Cc1ccc(CNCCc2nc(C)c(C)s2)cc1. The first kappa shape index (κ1) is 13.2. The minimum Gasteiger partial charge on any atom is -0.312 e. The number of benzene rings is 1. The molecule has 0 bridgehead atoms. The predicted octanol–water partition coefficient (Wildman–Crippen LogP) is 3.40. The summed E-state index contributed by atoms with van der Waals surface area (Å²) in [7, 11) is 0. The Morgan fingerprint density at radius 2 is 1.83 bits per heavy atom. The lowest BCUT2D eigenvalue weighted by molar-refractivity contribution is 0.684.